The number of halogens is 1. The van der Waals surface area contributed by atoms with Crippen LogP contribution in [0.1, 0.15) is 6.42 Å². The zero-order valence-electron chi connectivity index (χ0n) is 9.27. The van der Waals surface area contributed by atoms with Crippen LogP contribution < -0.4 is 11.0 Å². The van der Waals surface area contributed by atoms with Gasteiger partial charge in [-0.2, -0.15) is 4.98 Å². The van der Waals surface area contributed by atoms with E-state index < -0.39 is 5.69 Å². The van der Waals surface area contributed by atoms with Gasteiger partial charge in [-0.15, -0.1) is 0 Å². The smallest absolute Gasteiger partial charge is 0.347 e. The Kier molecular flexibility index (Phi) is 4.13. The molecular formula is C11H10IN3O3. The summed E-state index contributed by atoms with van der Waals surface area (Å²) in [5, 5.41) is 3.76. The molecule has 7 heteroatoms. The van der Waals surface area contributed by atoms with Crippen LogP contribution in [-0.2, 0) is 7.86 Å². The van der Waals surface area contributed by atoms with Crippen LogP contribution in [0.15, 0.2) is 29.1 Å². The van der Waals surface area contributed by atoms with E-state index in [1.54, 1.807) is 6.07 Å². The van der Waals surface area contributed by atoms with Crippen LogP contribution in [0, 0.1) is 0 Å². The van der Waals surface area contributed by atoms with Crippen molar-refractivity contribution in [1.82, 2.24) is 9.97 Å². The van der Waals surface area contributed by atoms with Crippen molar-refractivity contribution in [3.05, 3.63) is 34.7 Å². The number of nitrogens with zero attached hydrogens (tertiary/aromatic N) is 1. The average molecular weight is 359 g/mol. The second-order valence-electron chi connectivity index (χ2n) is 3.56. The molecule has 0 atom stereocenters. The van der Waals surface area contributed by atoms with Crippen molar-refractivity contribution in [2.75, 3.05) is 11.9 Å². The Hall–Kier alpha value is -1.64. The Balaban J connectivity index is 2.22. The SMILES string of the molecule is O=C(CCNc1nc(=O)[nH]c2ccccc12)OI. The molecule has 0 radical (unpaired) electrons. The first-order valence-electron chi connectivity index (χ1n) is 5.25. The van der Waals surface area contributed by atoms with E-state index in [1.807, 2.05) is 18.2 Å². The highest BCUT2D eigenvalue weighted by Crippen LogP contribution is 2.16. The minimum absolute atomic E-state index is 0.214. The molecule has 0 saturated carbocycles. The summed E-state index contributed by atoms with van der Waals surface area (Å²) >= 11 is 1.54. The van der Waals surface area contributed by atoms with E-state index >= 15 is 0 Å². The lowest BCUT2D eigenvalue weighted by molar-refractivity contribution is -0.131. The van der Waals surface area contributed by atoms with Crippen LogP contribution in [-0.4, -0.2) is 22.5 Å². The molecule has 0 saturated heterocycles. The van der Waals surface area contributed by atoms with Crippen LogP contribution in [0.3, 0.4) is 0 Å². The monoisotopic (exact) mass is 359 g/mol. The lowest BCUT2D eigenvalue weighted by atomic mass is 10.2. The molecule has 2 N–H and O–H groups in total. The summed E-state index contributed by atoms with van der Waals surface area (Å²) in [6.07, 6.45) is 0.214. The predicted molar refractivity (Wildman–Crippen MR) is 75.6 cm³/mol. The molecule has 0 bridgehead atoms. The maximum Gasteiger partial charge on any atom is 0.347 e. The number of anilines is 1. The van der Waals surface area contributed by atoms with Gasteiger partial charge in [0.2, 0.25) is 0 Å². The highest BCUT2D eigenvalue weighted by atomic mass is 127. The lowest BCUT2D eigenvalue weighted by Gasteiger charge is -2.06. The molecule has 1 aromatic heterocycles. The standard InChI is InChI=1S/C11H10IN3O3/c12-18-9(16)5-6-13-10-7-3-1-2-4-8(7)14-11(17)15-10/h1-4H,5-6H2,(H2,13,14,15,17). The third-order valence-electron chi connectivity index (χ3n) is 2.34. The number of hydrogen-bond acceptors (Lipinski definition) is 5. The Morgan fingerprint density at radius 1 is 1.44 bits per heavy atom. The second-order valence-corrected chi connectivity index (χ2v) is 4.00. The molecule has 0 unspecified atom stereocenters. The van der Waals surface area contributed by atoms with Crippen LogP contribution in [0.5, 0.6) is 0 Å². The Morgan fingerprint density at radius 2 is 2.22 bits per heavy atom. The summed E-state index contributed by atoms with van der Waals surface area (Å²) in [6.45, 7) is 0.363. The van der Waals surface area contributed by atoms with Gasteiger partial charge in [-0.25, -0.2) is 4.79 Å². The van der Waals surface area contributed by atoms with E-state index in [0.717, 1.165) is 5.39 Å². The highest BCUT2D eigenvalue weighted by Gasteiger charge is 2.05. The van der Waals surface area contributed by atoms with E-state index in [4.69, 9.17) is 0 Å². The Labute approximate surface area is 116 Å². The summed E-state index contributed by atoms with van der Waals surface area (Å²) in [5.41, 5.74) is 0.282. The number of rotatable bonds is 4. The topological polar surface area (TPSA) is 84.1 Å². The Bertz CT molecular complexity index is 626. The van der Waals surface area contributed by atoms with Gasteiger partial charge in [0, 0.05) is 11.9 Å². The van der Waals surface area contributed by atoms with Gasteiger partial charge in [-0.1, -0.05) is 12.1 Å². The maximum absolute atomic E-state index is 11.4. The van der Waals surface area contributed by atoms with Crippen LogP contribution in [0.2, 0.25) is 0 Å². The molecular weight excluding hydrogens is 349 g/mol. The number of hydrogen-bond donors (Lipinski definition) is 2. The van der Waals surface area contributed by atoms with Gasteiger partial charge in [0.05, 0.1) is 11.9 Å². The van der Waals surface area contributed by atoms with Crippen molar-refractivity contribution in [2.45, 2.75) is 6.42 Å². The van der Waals surface area contributed by atoms with E-state index in [9.17, 15) is 9.59 Å². The van der Waals surface area contributed by atoms with Gasteiger partial charge in [0.25, 0.3) is 0 Å². The number of aromatic amines is 1. The van der Waals surface area contributed by atoms with Crippen LogP contribution in [0.4, 0.5) is 5.82 Å². The summed E-state index contributed by atoms with van der Waals surface area (Å²) in [7, 11) is 0. The quantitative estimate of drug-likeness (QED) is 0.811. The fourth-order valence-corrected chi connectivity index (χ4v) is 1.78. The number of carbonyl (C=O) groups excluding carboxylic acids is 1. The molecule has 2 aromatic rings. The molecule has 0 fully saturated rings. The predicted octanol–water partition coefficient (Wildman–Crippen LogP) is 1.62. The lowest BCUT2D eigenvalue weighted by Crippen LogP contribution is -2.16. The van der Waals surface area contributed by atoms with E-state index in [0.29, 0.717) is 17.9 Å². The minimum Gasteiger partial charge on any atom is -0.394 e. The normalized spacial score (nSPS) is 10.3. The zero-order valence-corrected chi connectivity index (χ0v) is 11.4. The number of fused-ring (bicyclic) bond motifs is 1. The fraction of sp³-hybridized carbons (Fsp3) is 0.182. The first kappa shape index (κ1) is 12.8. The van der Waals surface area contributed by atoms with E-state index in [-0.39, 0.29) is 12.4 Å². The molecule has 0 amide bonds. The molecule has 1 heterocycles. The highest BCUT2D eigenvalue weighted by molar-refractivity contribution is 14.1. The largest absolute Gasteiger partial charge is 0.394 e. The molecule has 0 aliphatic heterocycles. The third kappa shape index (κ3) is 2.97. The molecule has 2 rings (SSSR count). The number of carbonyl (C=O) groups is 1. The Morgan fingerprint density at radius 3 is 3.00 bits per heavy atom. The molecule has 94 valence electrons. The van der Waals surface area contributed by atoms with Crippen molar-refractivity contribution in [2.24, 2.45) is 0 Å². The van der Waals surface area contributed by atoms with Gasteiger partial charge in [-0.3, -0.25) is 4.79 Å². The van der Waals surface area contributed by atoms with Gasteiger partial charge >= 0.3 is 11.7 Å². The van der Waals surface area contributed by atoms with Crippen molar-refractivity contribution < 1.29 is 7.86 Å². The van der Waals surface area contributed by atoms with Crippen molar-refractivity contribution >= 4 is 45.7 Å². The average Bonchev–Trinajstić information content (AvgIpc) is 2.38. The minimum atomic E-state index is -0.423. The first-order valence-corrected chi connectivity index (χ1v) is 6.13. The van der Waals surface area contributed by atoms with Crippen LogP contribution in [0.25, 0.3) is 10.9 Å². The zero-order chi connectivity index (χ0) is 13.0. The summed E-state index contributed by atoms with van der Waals surface area (Å²) in [5.74, 6) is 0.146. The number of nitrogens with one attached hydrogen (secondary N) is 2. The molecule has 6 nitrogen and oxygen atoms in total. The van der Waals surface area contributed by atoms with Gasteiger partial charge in [-0.05, 0) is 12.1 Å². The molecule has 0 aliphatic rings. The number of aromatic nitrogens is 2. The van der Waals surface area contributed by atoms with Gasteiger partial charge < -0.3 is 13.4 Å². The summed E-state index contributed by atoms with van der Waals surface area (Å²) < 4.78 is 4.50. The van der Waals surface area contributed by atoms with E-state index in [2.05, 4.69) is 18.4 Å². The maximum atomic E-state index is 11.4. The fourth-order valence-electron chi connectivity index (χ4n) is 1.56. The second kappa shape index (κ2) is 5.80. The summed E-state index contributed by atoms with van der Waals surface area (Å²) in [6, 6.07) is 7.32. The molecule has 18 heavy (non-hydrogen) atoms. The van der Waals surface area contributed by atoms with Crippen molar-refractivity contribution in [3.63, 3.8) is 0 Å². The number of para-hydroxylation sites is 1. The molecule has 1 aromatic carbocycles. The van der Waals surface area contributed by atoms with Gasteiger partial charge in [0.15, 0.2) is 23.0 Å². The van der Waals surface area contributed by atoms with E-state index in [1.165, 1.54) is 23.0 Å². The third-order valence-corrected chi connectivity index (χ3v) is 2.84. The number of benzene rings is 1. The van der Waals surface area contributed by atoms with Gasteiger partial charge in [0.1, 0.15) is 5.82 Å². The van der Waals surface area contributed by atoms with Crippen molar-refractivity contribution in [3.8, 4) is 0 Å². The van der Waals surface area contributed by atoms with Crippen LogP contribution >= 0.6 is 23.0 Å². The number of H-pyrrole nitrogens is 1. The van der Waals surface area contributed by atoms with Crippen molar-refractivity contribution in [1.29, 1.82) is 0 Å². The first-order chi connectivity index (χ1) is 8.70. The molecule has 0 spiro atoms. The summed E-state index contributed by atoms with van der Waals surface area (Å²) in [4.78, 5) is 28.8. The molecule has 0 aliphatic carbocycles.